The average Bonchev–Trinajstić information content (AvgIpc) is 2.08. The van der Waals surface area contributed by atoms with Crippen molar-refractivity contribution in [2.75, 3.05) is 0 Å². The lowest BCUT2D eigenvalue weighted by Gasteiger charge is -2.18. The topological polar surface area (TPSA) is 46.2 Å². The highest BCUT2D eigenvalue weighted by Gasteiger charge is 2.15. The molecule has 2 heteroatoms. The van der Waals surface area contributed by atoms with Crippen molar-refractivity contribution in [3.8, 4) is 5.75 Å². The van der Waals surface area contributed by atoms with E-state index in [1.807, 2.05) is 19.9 Å². The molecule has 1 unspecified atom stereocenters. The third kappa shape index (κ3) is 1.90. The zero-order valence-electron chi connectivity index (χ0n) is 9.33. The second-order valence-corrected chi connectivity index (χ2v) is 4.18. The maximum absolute atomic E-state index is 9.92. The van der Waals surface area contributed by atoms with Crippen molar-refractivity contribution in [2.24, 2.45) is 5.73 Å². The second-order valence-electron chi connectivity index (χ2n) is 4.18. The minimum atomic E-state index is -0.118. The lowest BCUT2D eigenvalue weighted by molar-refractivity contribution is 0.457. The fourth-order valence-corrected chi connectivity index (χ4v) is 1.71. The summed E-state index contributed by atoms with van der Waals surface area (Å²) in [7, 11) is 0. The lowest BCUT2D eigenvalue weighted by Crippen LogP contribution is -2.10. The van der Waals surface area contributed by atoms with Crippen LogP contribution in [0, 0.1) is 6.92 Å². The Morgan fingerprint density at radius 1 is 1.21 bits per heavy atom. The molecule has 0 aliphatic carbocycles. The zero-order valence-corrected chi connectivity index (χ0v) is 9.33. The molecule has 0 aliphatic heterocycles. The van der Waals surface area contributed by atoms with E-state index >= 15 is 0 Å². The Morgan fingerprint density at radius 3 is 2.21 bits per heavy atom. The van der Waals surface area contributed by atoms with Gasteiger partial charge in [0.2, 0.25) is 0 Å². The predicted octanol–water partition coefficient (Wildman–Crippen LogP) is 2.84. The molecule has 2 nitrogen and oxygen atoms in total. The van der Waals surface area contributed by atoms with Gasteiger partial charge in [-0.3, -0.25) is 0 Å². The van der Waals surface area contributed by atoms with E-state index in [1.165, 1.54) is 0 Å². The molecule has 3 N–H and O–H groups in total. The van der Waals surface area contributed by atoms with Gasteiger partial charge in [-0.25, -0.2) is 0 Å². The molecule has 1 aromatic rings. The first kappa shape index (κ1) is 11.1. The van der Waals surface area contributed by atoms with Gasteiger partial charge in [0.1, 0.15) is 5.75 Å². The highest BCUT2D eigenvalue weighted by atomic mass is 16.3. The Kier molecular flexibility index (Phi) is 3.17. The van der Waals surface area contributed by atoms with Crippen LogP contribution in [0.5, 0.6) is 5.75 Å². The zero-order chi connectivity index (χ0) is 10.9. The van der Waals surface area contributed by atoms with Crippen LogP contribution in [0.3, 0.4) is 0 Å². The number of phenolic OH excluding ortho intramolecular Hbond substituents is 1. The van der Waals surface area contributed by atoms with Gasteiger partial charge in [0.05, 0.1) is 0 Å². The monoisotopic (exact) mass is 193 g/mol. The molecular weight excluding hydrogens is 174 g/mol. The van der Waals surface area contributed by atoms with Crippen LogP contribution >= 0.6 is 0 Å². The van der Waals surface area contributed by atoms with Crippen molar-refractivity contribution >= 4 is 0 Å². The Morgan fingerprint density at radius 2 is 1.79 bits per heavy atom. The Bertz CT molecular complexity index is 329. The second kappa shape index (κ2) is 4.01. The number of hydrogen-bond acceptors (Lipinski definition) is 2. The van der Waals surface area contributed by atoms with E-state index in [-0.39, 0.29) is 6.04 Å². The number of benzene rings is 1. The largest absolute Gasteiger partial charge is 0.507 e. The lowest BCUT2D eigenvalue weighted by atomic mass is 9.91. The number of aromatic hydroxyl groups is 1. The molecule has 78 valence electrons. The molecule has 0 bridgehead atoms. The number of hydrogen-bond donors (Lipinski definition) is 2. The molecule has 0 fully saturated rings. The summed E-state index contributed by atoms with van der Waals surface area (Å²) in [5, 5.41) is 9.92. The van der Waals surface area contributed by atoms with Gasteiger partial charge in [-0.2, -0.15) is 0 Å². The molecule has 1 aromatic carbocycles. The highest BCUT2D eigenvalue weighted by Crippen LogP contribution is 2.33. The molecule has 0 saturated heterocycles. The fourth-order valence-electron chi connectivity index (χ4n) is 1.71. The van der Waals surface area contributed by atoms with E-state index in [2.05, 4.69) is 19.9 Å². The van der Waals surface area contributed by atoms with E-state index in [9.17, 15) is 5.11 Å². The molecule has 1 rings (SSSR count). The maximum Gasteiger partial charge on any atom is 0.123 e. The summed E-state index contributed by atoms with van der Waals surface area (Å²) in [4.78, 5) is 0. The van der Waals surface area contributed by atoms with Gasteiger partial charge in [-0.1, -0.05) is 26.0 Å². The normalized spacial score (nSPS) is 13.3. The Hall–Kier alpha value is -1.02. The van der Waals surface area contributed by atoms with Crippen molar-refractivity contribution in [1.82, 2.24) is 0 Å². The summed E-state index contributed by atoms with van der Waals surface area (Å²) >= 11 is 0. The molecule has 14 heavy (non-hydrogen) atoms. The smallest absolute Gasteiger partial charge is 0.123 e. The average molecular weight is 193 g/mol. The standard InChI is InChI=1S/C12H19NO/c1-7(2)10-6-5-8(3)12(14)11(10)9(4)13/h5-7,9,14H,13H2,1-4H3. The van der Waals surface area contributed by atoms with E-state index in [4.69, 9.17) is 5.73 Å². The van der Waals surface area contributed by atoms with Gasteiger partial charge in [0, 0.05) is 11.6 Å². The van der Waals surface area contributed by atoms with Crippen LogP contribution in [0.25, 0.3) is 0 Å². The highest BCUT2D eigenvalue weighted by molar-refractivity contribution is 5.47. The summed E-state index contributed by atoms with van der Waals surface area (Å²) in [6.07, 6.45) is 0. The van der Waals surface area contributed by atoms with Gasteiger partial charge in [-0.05, 0) is 30.9 Å². The molecule has 0 heterocycles. The minimum absolute atomic E-state index is 0.118. The third-order valence-corrected chi connectivity index (χ3v) is 2.53. The molecule has 0 saturated carbocycles. The third-order valence-electron chi connectivity index (χ3n) is 2.53. The molecule has 0 radical (unpaired) electrons. The van der Waals surface area contributed by atoms with Gasteiger partial charge in [0.15, 0.2) is 0 Å². The summed E-state index contributed by atoms with van der Waals surface area (Å²) in [5.41, 5.74) is 8.78. The number of phenols is 1. The number of rotatable bonds is 2. The Labute approximate surface area is 85.8 Å². The predicted molar refractivity (Wildman–Crippen MR) is 59.5 cm³/mol. The van der Waals surface area contributed by atoms with Crippen molar-refractivity contribution in [2.45, 2.75) is 39.7 Å². The first-order valence-corrected chi connectivity index (χ1v) is 5.03. The summed E-state index contributed by atoms with van der Waals surface area (Å²) < 4.78 is 0. The molecule has 0 aliphatic rings. The van der Waals surface area contributed by atoms with E-state index < -0.39 is 0 Å². The molecule has 0 amide bonds. The SMILES string of the molecule is Cc1ccc(C(C)C)c(C(C)N)c1O. The number of aryl methyl sites for hydroxylation is 1. The van der Waals surface area contributed by atoms with Gasteiger partial charge >= 0.3 is 0 Å². The molecular formula is C12H19NO. The van der Waals surface area contributed by atoms with Crippen LogP contribution in [-0.2, 0) is 0 Å². The molecule has 0 spiro atoms. The van der Waals surface area contributed by atoms with Crippen LogP contribution in [0.15, 0.2) is 12.1 Å². The van der Waals surface area contributed by atoms with Crippen LogP contribution in [0.4, 0.5) is 0 Å². The van der Waals surface area contributed by atoms with E-state index in [1.54, 1.807) is 0 Å². The van der Waals surface area contributed by atoms with Crippen LogP contribution < -0.4 is 5.73 Å². The van der Waals surface area contributed by atoms with Crippen molar-refractivity contribution in [3.63, 3.8) is 0 Å². The van der Waals surface area contributed by atoms with Crippen LogP contribution in [-0.4, -0.2) is 5.11 Å². The minimum Gasteiger partial charge on any atom is -0.507 e. The fraction of sp³-hybridized carbons (Fsp3) is 0.500. The quantitative estimate of drug-likeness (QED) is 0.758. The summed E-state index contributed by atoms with van der Waals surface area (Å²) in [6.45, 7) is 8.01. The maximum atomic E-state index is 9.92. The van der Waals surface area contributed by atoms with Crippen molar-refractivity contribution < 1.29 is 5.11 Å². The van der Waals surface area contributed by atoms with Crippen molar-refractivity contribution in [1.29, 1.82) is 0 Å². The molecule has 1 atom stereocenters. The van der Waals surface area contributed by atoms with E-state index in [0.717, 1.165) is 16.7 Å². The van der Waals surface area contributed by atoms with Gasteiger partial charge in [-0.15, -0.1) is 0 Å². The summed E-state index contributed by atoms with van der Waals surface area (Å²) in [6, 6.07) is 3.88. The summed E-state index contributed by atoms with van der Waals surface area (Å²) in [5.74, 6) is 0.744. The molecule has 0 aromatic heterocycles. The van der Waals surface area contributed by atoms with Crippen LogP contribution in [0.1, 0.15) is 49.4 Å². The first-order valence-electron chi connectivity index (χ1n) is 5.03. The van der Waals surface area contributed by atoms with Gasteiger partial charge < -0.3 is 10.8 Å². The van der Waals surface area contributed by atoms with Gasteiger partial charge in [0.25, 0.3) is 0 Å². The van der Waals surface area contributed by atoms with Crippen LogP contribution in [0.2, 0.25) is 0 Å². The number of nitrogens with two attached hydrogens (primary N) is 1. The van der Waals surface area contributed by atoms with Crippen molar-refractivity contribution in [3.05, 3.63) is 28.8 Å². The first-order chi connectivity index (χ1) is 6.45. The van der Waals surface area contributed by atoms with E-state index in [0.29, 0.717) is 11.7 Å². The Balaban J connectivity index is 3.38.